The van der Waals surface area contributed by atoms with Gasteiger partial charge in [-0.25, -0.2) is 0 Å². The van der Waals surface area contributed by atoms with Crippen LogP contribution in [0.4, 0.5) is 0 Å². The molecule has 2 rings (SSSR count). The van der Waals surface area contributed by atoms with Gasteiger partial charge in [-0.15, -0.1) is 19.7 Å². The molecule has 3 heteroatoms. The first kappa shape index (κ1) is 46.1. The second-order valence-electron chi connectivity index (χ2n) is 9.68. The molecule has 0 aliphatic heterocycles. The molecule has 2 atom stereocenters. The summed E-state index contributed by atoms with van der Waals surface area (Å²) < 4.78 is 6.78. The van der Waals surface area contributed by atoms with E-state index in [4.69, 9.17) is 4.74 Å². The summed E-state index contributed by atoms with van der Waals surface area (Å²) in [5, 5.41) is 4.82. The molecule has 2 unspecified atom stereocenters. The van der Waals surface area contributed by atoms with Gasteiger partial charge in [0, 0.05) is 5.31 Å². The average molecular weight is 679 g/mol. The van der Waals surface area contributed by atoms with Gasteiger partial charge in [0.25, 0.3) is 0 Å². The zero-order chi connectivity index (χ0) is 36.6. The Labute approximate surface area is 297 Å². The highest BCUT2D eigenvalue weighted by atomic mass is 31.1. The summed E-state index contributed by atoms with van der Waals surface area (Å²) in [7, 11) is -1.60. The van der Waals surface area contributed by atoms with Crippen LogP contribution in [0.1, 0.15) is 54.9 Å². The average Bonchev–Trinajstić information content (AvgIpc) is 3.13. The van der Waals surface area contributed by atoms with Gasteiger partial charge < -0.3 is 4.74 Å². The molecule has 0 amide bonds. The molecule has 0 saturated carbocycles. The van der Waals surface area contributed by atoms with Gasteiger partial charge in [-0.05, 0) is 91.6 Å². The second-order valence-corrected chi connectivity index (χ2v) is 13.9. The molecule has 0 spiro atoms. The predicted molar refractivity (Wildman–Crippen MR) is 227 cm³/mol. The third-order valence-corrected chi connectivity index (χ3v) is 10.3. The van der Waals surface area contributed by atoms with E-state index in [1.165, 1.54) is 21.5 Å². The molecule has 0 heterocycles. The lowest BCUT2D eigenvalue weighted by Gasteiger charge is -2.25. The highest BCUT2D eigenvalue weighted by Gasteiger charge is 2.23. The predicted octanol–water partition coefficient (Wildman–Crippen LogP) is 14.2. The fourth-order valence-corrected chi connectivity index (χ4v) is 7.77. The van der Waals surface area contributed by atoms with Crippen molar-refractivity contribution in [3.63, 3.8) is 0 Å². The number of benzene rings is 2. The number of allylic oxidation sites excluding steroid dienone is 17. The van der Waals surface area contributed by atoms with E-state index in [1.807, 2.05) is 77.1 Å². The molecule has 0 fully saturated rings. The van der Waals surface area contributed by atoms with Crippen molar-refractivity contribution in [3.05, 3.63) is 206 Å². The molecule has 256 valence electrons. The Morgan fingerprint density at radius 1 is 0.729 bits per heavy atom. The van der Waals surface area contributed by atoms with Crippen molar-refractivity contribution >= 4 is 26.5 Å². The van der Waals surface area contributed by atoms with E-state index in [0.29, 0.717) is 0 Å². The van der Waals surface area contributed by atoms with E-state index in [0.717, 1.165) is 23.0 Å². The Kier molecular flexibility index (Phi) is 30.3. The van der Waals surface area contributed by atoms with Crippen LogP contribution < -0.4 is 10.6 Å². The number of hydrogen-bond acceptors (Lipinski definition) is 1. The van der Waals surface area contributed by atoms with Crippen molar-refractivity contribution in [1.29, 1.82) is 0 Å². The summed E-state index contributed by atoms with van der Waals surface area (Å²) in [4.78, 5) is 0. The molecule has 1 nitrogen and oxygen atoms in total. The van der Waals surface area contributed by atoms with Crippen LogP contribution in [0, 0.1) is 0 Å². The van der Waals surface area contributed by atoms with Crippen molar-refractivity contribution in [2.45, 2.75) is 54.9 Å². The maximum atomic E-state index is 6.78. The third-order valence-electron chi connectivity index (χ3n) is 5.89. The van der Waals surface area contributed by atoms with Crippen LogP contribution >= 0.6 is 15.8 Å². The van der Waals surface area contributed by atoms with Gasteiger partial charge in [-0.1, -0.05) is 166 Å². The topological polar surface area (TPSA) is 9.23 Å². The summed E-state index contributed by atoms with van der Waals surface area (Å²) >= 11 is 0. The monoisotopic (exact) mass is 678 g/mol. The van der Waals surface area contributed by atoms with Crippen molar-refractivity contribution in [2.75, 3.05) is 6.66 Å². The summed E-state index contributed by atoms with van der Waals surface area (Å²) in [6, 6.07) is 21.2. The van der Waals surface area contributed by atoms with E-state index < -0.39 is 15.8 Å². The van der Waals surface area contributed by atoms with Crippen LogP contribution in [-0.2, 0) is 4.74 Å². The lowest BCUT2D eigenvalue weighted by molar-refractivity contribution is 0.351. The van der Waals surface area contributed by atoms with Crippen LogP contribution in [0.25, 0.3) is 0 Å². The minimum atomic E-state index is -0.907. The van der Waals surface area contributed by atoms with Crippen LogP contribution in [0.5, 0.6) is 0 Å². The molecule has 0 aliphatic carbocycles. The molecule has 0 aliphatic rings. The minimum absolute atomic E-state index is 0.694. The lowest BCUT2D eigenvalue weighted by atomic mass is 10.3. The zero-order valence-electron chi connectivity index (χ0n) is 30.9. The molecule has 0 saturated heterocycles. The Morgan fingerprint density at radius 2 is 1.29 bits per heavy atom. The normalized spacial score (nSPS) is 13.2. The zero-order valence-corrected chi connectivity index (χ0v) is 32.7. The Bertz CT molecular complexity index is 1410. The van der Waals surface area contributed by atoms with Crippen molar-refractivity contribution < 1.29 is 4.74 Å². The van der Waals surface area contributed by atoms with E-state index >= 15 is 0 Å². The van der Waals surface area contributed by atoms with Crippen LogP contribution in [0.2, 0.25) is 0 Å². The first-order valence-corrected chi connectivity index (χ1v) is 19.5. The minimum Gasteiger partial charge on any atom is -0.456 e. The molecule has 0 bridgehead atoms. The molecular formula is C45H60OP2. The van der Waals surface area contributed by atoms with E-state index in [2.05, 4.69) is 157 Å². The molecule has 0 N–H and O–H groups in total. The summed E-state index contributed by atoms with van der Waals surface area (Å²) in [6.07, 6.45) is 29.4. The Balaban J connectivity index is 0. The van der Waals surface area contributed by atoms with Crippen molar-refractivity contribution in [1.82, 2.24) is 0 Å². The van der Waals surface area contributed by atoms with Gasteiger partial charge in [0.1, 0.15) is 11.3 Å². The van der Waals surface area contributed by atoms with Gasteiger partial charge >= 0.3 is 0 Å². The first-order valence-electron chi connectivity index (χ1n) is 16.4. The van der Waals surface area contributed by atoms with Crippen molar-refractivity contribution in [2.24, 2.45) is 0 Å². The highest BCUT2D eigenvalue weighted by molar-refractivity contribution is 7.74. The summed E-state index contributed by atoms with van der Waals surface area (Å²) in [5.74, 6) is 0.779. The largest absolute Gasteiger partial charge is 0.456 e. The highest BCUT2D eigenvalue weighted by Crippen LogP contribution is 2.55. The fourth-order valence-electron chi connectivity index (χ4n) is 3.83. The summed E-state index contributed by atoms with van der Waals surface area (Å²) in [6.45, 7) is 34.3. The van der Waals surface area contributed by atoms with Gasteiger partial charge in [0.15, 0.2) is 0 Å². The Morgan fingerprint density at radius 3 is 1.75 bits per heavy atom. The second kappa shape index (κ2) is 31.6. The van der Waals surface area contributed by atoms with Gasteiger partial charge in [0.2, 0.25) is 0 Å². The van der Waals surface area contributed by atoms with Crippen LogP contribution in [0.15, 0.2) is 206 Å². The summed E-state index contributed by atoms with van der Waals surface area (Å²) in [5.41, 5.74) is 2.17. The lowest BCUT2D eigenvalue weighted by Crippen LogP contribution is -2.07. The molecule has 2 aromatic carbocycles. The van der Waals surface area contributed by atoms with Crippen LogP contribution in [-0.4, -0.2) is 6.66 Å². The van der Waals surface area contributed by atoms with E-state index in [9.17, 15) is 0 Å². The number of rotatable bonds is 15. The van der Waals surface area contributed by atoms with Crippen LogP contribution in [0.3, 0.4) is 0 Å². The first-order chi connectivity index (χ1) is 23.4. The van der Waals surface area contributed by atoms with Gasteiger partial charge in [-0.3, -0.25) is 0 Å². The SMILES string of the molecule is C=C.C=C/C=C(\C=C/C)P(C(/C=C\C)=C(/C=C)O/C(=C/C=C(C)C)P(C)c1ccccc1)c1ccccc1.C=CC/C=C\C=C/C.CC. The smallest absolute Gasteiger partial charge is 0.135 e. The fraction of sp³-hybridized carbons (Fsp3) is 0.200. The third kappa shape index (κ3) is 19.0. The maximum Gasteiger partial charge on any atom is 0.135 e. The number of hydrogen-bond donors (Lipinski definition) is 0. The molecule has 0 aromatic heterocycles. The van der Waals surface area contributed by atoms with E-state index in [1.54, 1.807) is 0 Å². The standard InChI is InChI=1S/C33H38OP2.C8H12.C2H6.C2H4/c1-8-18-29(19-9-2)36(30-23-16-13-17-24-30)32(20-10-3)31(11-4)34-33(26-25-27(5)6)35(7)28-21-14-12-15-22-28;1-3-5-7-8-6-4-2;2*1-2/h8-26H,1,4H2,2-3,5-7H3;3-4,6-8H,1,5H2,2H3;1-2H3;1-2H2/b19-9-,20-10-,29-18+,32-31-,33-26-;6-4-,8-7-;;. The van der Waals surface area contributed by atoms with E-state index in [-0.39, 0.29) is 0 Å². The maximum absolute atomic E-state index is 6.78. The van der Waals surface area contributed by atoms with Gasteiger partial charge in [0.05, 0.1) is 0 Å². The quantitative estimate of drug-likeness (QED) is 0.0788. The van der Waals surface area contributed by atoms with Gasteiger partial charge in [-0.2, -0.15) is 0 Å². The molecular weight excluding hydrogens is 618 g/mol. The molecule has 48 heavy (non-hydrogen) atoms. The Hall–Kier alpha value is -4.02. The molecule has 0 radical (unpaired) electrons. The number of ether oxygens (including phenoxy) is 1. The molecule has 2 aromatic rings. The van der Waals surface area contributed by atoms with Crippen molar-refractivity contribution in [3.8, 4) is 0 Å².